The summed E-state index contributed by atoms with van der Waals surface area (Å²) in [7, 11) is 0. The molecule has 1 aromatic heterocycles. The zero-order chi connectivity index (χ0) is 16.0. The maximum atomic E-state index is 11.0. The minimum Gasteiger partial charge on any atom is -0.480 e. The van der Waals surface area contributed by atoms with Gasteiger partial charge in [-0.25, -0.2) is 4.79 Å². The van der Waals surface area contributed by atoms with Gasteiger partial charge in [0.15, 0.2) is 0 Å². The Balaban J connectivity index is 2.68. The van der Waals surface area contributed by atoms with Crippen LogP contribution >= 0.6 is 23.4 Å². The molecule has 1 aromatic rings. The molecule has 1 amide bonds. The van der Waals surface area contributed by atoms with Gasteiger partial charge in [-0.15, -0.1) is 0 Å². The molecule has 0 aromatic carbocycles. The summed E-state index contributed by atoms with van der Waals surface area (Å²) >= 11 is 7.70. The number of hydrogen-bond acceptors (Lipinski definition) is 4. The maximum Gasteiger partial charge on any atom is 0.327 e. The van der Waals surface area contributed by atoms with Gasteiger partial charge in [-0.2, -0.15) is 16.9 Å². The van der Waals surface area contributed by atoms with Gasteiger partial charge in [-0.3, -0.25) is 9.48 Å². The molecule has 0 saturated carbocycles. The van der Waals surface area contributed by atoms with Crippen molar-refractivity contribution < 1.29 is 14.7 Å². The Morgan fingerprint density at radius 1 is 1.48 bits per heavy atom. The summed E-state index contributed by atoms with van der Waals surface area (Å²) in [6.45, 7) is 5.98. The zero-order valence-electron chi connectivity index (χ0n) is 12.4. The molecule has 8 heteroatoms. The maximum absolute atomic E-state index is 11.0. The number of carbonyl (C=O) groups excluding carboxylic acids is 1. The van der Waals surface area contributed by atoms with E-state index in [1.807, 2.05) is 18.5 Å². The van der Waals surface area contributed by atoms with E-state index < -0.39 is 12.0 Å². The van der Waals surface area contributed by atoms with E-state index in [0.29, 0.717) is 17.3 Å². The van der Waals surface area contributed by atoms with Gasteiger partial charge in [0.2, 0.25) is 5.91 Å². The lowest BCUT2D eigenvalue weighted by atomic mass is 10.3. The van der Waals surface area contributed by atoms with E-state index in [1.165, 1.54) is 18.7 Å². The van der Waals surface area contributed by atoms with Crippen LogP contribution in [0.25, 0.3) is 0 Å². The summed E-state index contributed by atoms with van der Waals surface area (Å²) in [5.41, 5.74) is 1.75. The normalized spacial score (nSPS) is 12.2. The lowest BCUT2D eigenvalue weighted by Gasteiger charge is -2.13. The van der Waals surface area contributed by atoms with Gasteiger partial charge in [0.1, 0.15) is 6.04 Å². The van der Waals surface area contributed by atoms with Crippen molar-refractivity contribution in [2.45, 2.75) is 45.5 Å². The number of nitrogens with one attached hydrogen (secondary N) is 1. The van der Waals surface area contributed by atoms with Crippen LogP contribution in [0, 0.1) is 0 Å². The number of carbonyl (C=O) groups is 2. The lowest BCUT2D eigenvalue weighted by molar-refractivity contribution is -0.140. The van der Waals surface area contributed by atoms with Crippen molar-refractivity contribution in [2.24, 2.45) is 0 Å². The monoisotopic (exact) mass is 333 g/mol. The first-order valence-corrected chi connectivity index (χ1v) is 8.25. The van der Waals surface area contributed by atoms with E-state index in [-0.39, 0.29) is 11.7 Å². The molecule has 0 aliphatic rings. The van der Waals surface area contributed by atoms with Gasteiger partial charge < -0.3 is 10.4 Å². The molecular weight excluding hydrogens is 314 g/mol. The number of thioether (sulfide) groups is 1. The van der Waals surface area contributed by atoms with Gasteiger partial charge in [-0.05, 0) is 13.3 Å². The predicted octanol–water partition coefficient (Wildman–Crippen LogP) is 1.94. The van der Waals surface area contributed by atoms with Crippen molar-refractivity contribution in [3.05, 3.63) is 16.4 Å². The second kappa shape index (κ2) is 8.29. The van der Waals surface area contributed by atoms with E-state index in [1.54, 1.807) is 0 Å². The van der Waals surface area contributed by atoms with Crippen molar-refractivity contribution >= 4 is 35.2 Å². The first-order chi connectivity index (χ1) is 9.90. The second-order valence-corrected chi connectivity index (χ2v) is 5.89. The number of amides is 1. The van der Waals surface area contributed by atoms with Gasteiger partial charge in [0.05, 0.1) is 16.4 Å². The molecule has 0 fully saturated rings. The molecule has 0 bridgehead atoms. The van der Waals surface area contributed by atoms with Crippen LogP contribution in [0.15, 0.2) is 0 Å². The van der Waals surface area contributed by atoms with E-state index in [9.17, 15) is 9.59 Å². The number of rotatable bonds is 8. The molecule has 0 unspecified atom stereocenters. The van der Waals surface area contributed by atoms with Crippen LogP contribution in [-0.2, 0) is 28.3 Å². The van der Waals surface area contributed by atoms with E-state index in [4.69, 9.17) is 16.7 Å². The smallest absolute Gasteiger partial charge is 0.327 e. The van der Waals surface area contributed by atoms with Crippen LogP contribution in [0.2, 0.25) is 5.02 Å². The molecule has 21 heavy (non-hydrogen) atoms. The van der Waals surface area contributed by atoms with Crippen LogP contribution in [0.4, 0.5) is 0 Å². The number of aryl methyl sites for hydroxylation is 2. The Labute approximate surface area is 133 Å². The number of aromatic nitrogens is 2. The first kappa shape index (κ1) is 17.8. The van der Waals surface area contributed by atoms with Gasteiger partial charge in [-0.1, -0.05) is 18.5 Å². The summed E-state index contributed by atoms with van der Waals surface area (Å²) < 4.78 is 1.84. The van der Waals surface area contributed by atoms with Crippen molar-refractivity contribution in [2.75, 3.05) is 5.75 Å². The quantitative estimate of drug-likeness (QED) is 0.759. The third-order valence-corrected chi connectivity index (χ3v) is 4.38. The standard InChI is InChI=1S/C13H20ClN3O3S/c1-4-9-12(14)11(17(5-2)16-9)7-21-6-10(13(19)20)15-8(3)18/h10H,4-7H2,1-3H3,(H,15,18)(H,19,20)/t10-/m0/s1. The minimum absolute atomic E-state index is 0.279. The van der Waals surface area contributed by atoms with Crippen LogP contribution in [0.5, 0.6) is 0 Å². The van der Waals surface area contributed by atoms with Crippen LogP contribution in [0.1, 0.15) is 32.2 Å². The number of carboxylic acid groups (broad SMARTS) is 1. The molecule has 2 N–H and O–H groups in total. The Bertz CT molecular complexity index is 519. The highest BCUT2D eigenvalue weighted by Gasteiger charge is 2.20. The molecule has 118 valence electrons. The number of carboxylic acids is 1. The molecule has 0 aliphatic carbocycles. The second-order valence-electron chi connectivity index (χ2n) is 4.48. The summed E-state index contributed by atoms with van der Waals surface area (Å²) in [6, 6.07) is -0.894. The summed E-state index contributed by atoms with van der Waals surface area (Å²) in [5.74, 6) is -0.556. The number of halogens is 1. The SMILES string of the molecule is CCc1nn(CC)c(CSC[C@H](NC(C)=O)C(=O)O)c1Cl. The molecule has 0 spiro atoms. The molecule has 0 aliphatic heterocycles. The van der Waals surface area contributed by atoms with Crippen LogP contribution in [-0.4, -0.2) is 38.6 Å². The van der Waals surface area contributed by atoms with Crippen LogP contribution in [0.3, 0.4) is 0 Å². The van der Waals surface area contributed by atoms with Crippen molar-refractivity contribution in [1.29, 1.82) is 0 Å². The average Bonchev–Trinajstić information content (AvgIpc) is 2.73. The fraction of sp³-hybridized carbons (Fsp3) is 0.615. The van der Waals surface area contributed by atoms with Gasteiger partial charge in [0, 0.05) is 25.0 Å². The molecule has 1 atom stereocenters. The Hall–Kier alpha value is -1.21. The number of aliphatic carboxylic acids is 1. The minimum atomic E-state index is -1.04. The first-order valence-electron chi connectivity index (χ1n) is 6.72. The third kappa shape index (κ3) is 4.93. The largest absolute Gasteiger partial charge is 0.480 e. The van der Waals surface area contributed by atoms with Crippen molar-refractivity contribution in [3.63, 3.8) is 0 Å². The summed E-state index contributed by atoms with van der Waals surface area (Å²) in [4.78, 5) is 22.0. The Morgan fingerprint density at radius 3 is 2.62 bits per heavy atom. The summed E-state index contributed by atoms with van der Waals surface area (Å²) in [6.07, 6.45) is 0.757. The molecule has 0 saturated heterocycles. The molecule has 1 rings (SSSR count). The predicted molar refractivity (Wildman–Crippen MR) is 83.7 cm³/mol. The van der Waals surface area contributed by atoms with Crippen molar-refractivity contribution in [3.8, 4) is 0 Å². The number of nitrogens with zero attached hydrogens (tertiary/aromatic N) is 2. The highest BCUT2D eigenvalue weighted by atomic mass is 35.5. The van der Waals surface area contributed by atoms with Crippen LogP contribution < -0.4 is 5.32 Å². The molecule has 0 radical (unpaired) electrons. The zero-order valence-corrected chi connectivity index (χ0v) is 13.9. The molecule has 6 nitrogen and oxygen atoms in total. The molecular formula is C13H20ClN3O3S. The fourth-order valence-corrected chi connectivity index (χ4v) is 3.33. The highest BCUT2D eigenvalue weighted by molar-refractivity contribution is 7.98. The van der Waals surface area contributed by atoms with Gasteiger partial charge >= 0.3 is 5.97 Å². The van der Waals surface area contributed by atoms with E-state index in [0.717, 1.165) is 17.8 Å². The van der Waals surface area contributed by atoms with E-state index >= 15 is 0 Å². The topological polar surface area (TPSA) is 84.2 Å². The van der Waals surface area contributed by atoms with Crippen molar-refractivity contribution in [1.82, 2.24) is 15.1 Å². The Morgan fingerprint density at radius 2 is 2.14 bits per heavy atom. The third-order valence-electron chi connectivity index (χ3n) is 2.89. The Kier molecular flexibility index (Phi) is 7.04. The summed E-state index contributed by atoms with van der Waals surface area (Å²) in [5, 5.41) is 16.5. The van der Waals surface area contributed by atoms with E-state index in [2.05, 4.69) is 10.4 Å². The highest BCUT2D eigenvalue weighted by Crippen LogP contribution is 2.25. The number of hydrogen-bond donors (Lipinski definition) is 2. The average molecular weight is 334 g/mol. The molecule has 1 heterocycles. The fourth-order valence-electron chi connectivity index (χ4n) is 1.85. The van der Waals surface area contributed by atoms with Gasteiger partial charge in [0.25, 0.3) is 0 Å². The lowest BCUT2D eigenvalue weighted by Crippen LogP contribution is -2.41.